The molecule has 150 valence electrons. The molecule has 3 aromatic rings. The van der Waals surface area contributed by atoms with Crippen LogP contribution in [0.1, 0.15) is 23.4 Å². The second kappa shape index (κ2) is 8.07. The van der Waals surface area contributed by atoms with Gasteiger partial charge < -0.3 is 15.5 Å². The van der Waals surface area contributed by atoms with Crippen LogP contribution < -0.4 is 15.5 Å². The lowest BCUT2D eigenvalue weighted by atomic mass is 10.1. The number of carbonyl (C=O) groups excluding carboxylic acids is 1. The number of para-hydroxylation sites is 1. The molecule has 1 unspecified atom stereocenters. The van der Waals surface area contributed by atoms with Gasteiger partial charge in [0.15, 0.2) is 0 Å². The van der Waals surface area contributed by atoms with Gasteiger partial charge in [0.2, 0.25) is 0 Å². The van der Waals surface area contributed by atoms with Crippen LogP contribution in [0.4, 0.5) is 16.2 Å². The summed E-state index contributed by atoms with van der Waals surface area (Å²) in [5.74, 6) is 0.428. The molecule has 0 bridgehead atoms. The quantitative estimate of drug-likeness (QED) is 0.701. The zero-order chi connectivity index (χ0) is 20.4. The van der Waals surface area contributed by atoms with E-state index in [0.717, 1.165) is 47.6 Å². The van der Waals surface area contributed by atoms with E-state index in [0.29, 0.717) is 12.5 Å². The van der Waals surface area contributed by atoms with Crippen LogP contribution >= 0.6 is 0 Å². The highest BCUT2D eigenvalue weighted by Crippen LogP contribution is 2.30. The maximum Gasteiger partial charge on any atom is 0.319 e. The number of urea groups is 1. The maximum absolute atomic E-state index is 12.1. The molecule has 1 fully saturated rings. The van der Waals surface area contributed by atoms with E-state index in [2.05, 4.69) is 39.6 Å². The summed E-state index contributed by atoms with van der Waals surface area (Å²) in [7, 11) is 0. The Balaban J connectivity index is 1.38. The Morgan fingerprint density at radius 3 is 2.48 bits per heavy atom. The Bertz CT molecular complexity index is 1030. The van der Waals surface area contributed by atoms with Crippen LogP contribution in [0.5, 0.6) is 0 Å². The Hall–Kier alpha value is -3.15. The van der Waals surface area contributed by atoms with Gasteiger partial charge in [0.25, 0.3) is 0 Å². The second-order valence-corrected chi connectivity index (χ2v) is 7.82. The van der Waals surface area contributed by atoms with Crippen LogP contribution in [0.3, 0.4) is 0 Å². The van der Waals surface area contributed by atoms with E-state index in [1.165, 1.54) is 11.3 Å². The summed E-state index contributed by atoms with van der Waals surface area (Å²) in [6.45, 7) is 8.70. The summed E-state index contributed by atoms with van der Waals surface area (Å²) in [5, 5.41) is 5.87. The number of hydrogen-bond acceptors (Lipinski definition) is 4. The molecule has 0 aliphatic carbocycles. The minimum atomic E-state index is -0.155. The van der Waals surface area contributed by atoms with Gasteiger partial charge in [-0.25, -0.2) is 14.8 Å². The lowest BCUT2D eigenvalue weighted by molar-refractivity contribution is 0.250. The normalized spacial score (nSPS) is 16.2. The first kappa shape index (κ1) is 19.2. The lowest BCUT2D eigenvalue weighted by Gasteiger charge is -2.22. The topological polar surface area (TPSA) is 70.2 Å². The molecule has 1 aromatic heterocycles. The van der Waals surface area contributed by atoms with Crippen LogP contribution in [0.2, 0.25) is 0 Å². The van der Waals surface area contributed by atoms with Crippen molar-refractivity contribution in [3.05, 3.63) is 59.4 Å². The van der Waals surface area contributed by atoms with Crippen molar-refractivity contribution in [2.75, 3.05) is 29.9 Å². The Morgan fingerprint density at radius 2 is 1.76 bits per heavy atom. The van der Waals surface area contributed by atoms with Gasteiger partial charge in [-0.15, -0.1) is 0 Å². The Labute approximate surface area is 171 Å². The average molecular weight is 390 g/mol. The van der Waals surface area contributed by atoms with E-state index >= 15 is 0 Å². The van der Waals surface area contributed by atoms with Crippen molar-refractivity contribution in [1.82, 2.24) is 15.3 Å². The number of nitrogens with zero attached hydrogens (tertiary/aromatic N) is 3. The molecule has 6 nitrogen and oxygen atoms in total. The Morgan fingerprint density at radius 1 is 1.07 bits per heavy atom. The number of carbonyl (C=O) groups is 1. The van der Waals surface area contributed by atoms with Crippen molar-refractivity contribution in [3.63, 3.8) is 0 Å². The van der Waals surface area contributed by atoms with Crippen molar-refractivity contribution < 1.29 is 4.79 Å². The fraction of sp³-hybridized carbons (Fsp3) is 0.348. The third-order valence-electron chi connectivity index (χ3n) is 5.60. The van der Waals surface area contributed by atoms with E-state index in [4.69, 9.17) is 4.98 Å². The second-order valence-electron chi connectivity index (χ2n) is 7.82. The van der Waals surface area contributed by atoms with Crippen molar-refractivity contribution >= 4 is 28.4 Å². The highest BCUT2D eigenvalue weighted by atomic mass is 16.2. The molecule has 2 heterocycles. The van der Waals surface area contributed by atoms with Gasteiger partial charge >= 0.3 is 6.03 Å². The third-order valence-corrected chi connectivity index (χ3v) is 5.60. The average Bonchev–Trinajstić information content (AvgIpc) is 3.17. The zero-order valence-corrected chi connectivity index (χ0v) is 17.2. The molecule has 4 rings (SSSR count). The van der Waals surface area contributed by atoms with Crippen molar-refractivity contribution in [2.24, 2.45) is 5.92 Å². The third kappa shape index (κ3) is 4.31. The number of amides is 2. The monoisotopic (exact) mass is 389 g/mol. The van der Waals surface area contributed by atoms with E-state index in [9.17, 15) is 4.79 Å². The molecule has 2 amide bonds. The molecule has 2 aromatic carbocycles. The first-order valence-corrected chi connectivity index (χ1v) is 10.1. The molecule has 6 heteroatoms. The Kier molecular flexibility index (Phi) is 5.34. The van der Waals surface area contributed by atoms with Gasteiger partial charge in [0.1, 0.15) is 0 Å². The first-order valence-electron chi connectivity index (χ1n) is 10.1. The van der Waals surface area contributed by atoms with Crippen LogP contribution in [-0.2, 0) is 0 Å². The predicted octanol–water partition coefficient (Wildman–Crippen LogP) is 4.20. The standard InChI is InChI=1S/C23H27N5O/c1-15-11-20-21(26-17(3)16(2)25-20)12-22(15)28-10-9-18(14-28)13-24-23(29)27-19-7-5-4-6-8-19/h4-8,11-12,18H,9-10,13-14H2,1-3H3,(H2,24,27,29). The maximum atomic E-state index is 12.1. The number of nitrogens with one attached hydrogen (secondary N) is 2. The van der Waals surface area contributed by atoms with E-state index in [-0.39, 0.29) is 6.03 Å². The molecule has 1 atom stereocenters. The molecule has 0 spiro atoms. The summed E-state index contributed by atoms with van der Waals surface area (Å²) < 4.78 is 0. The van der Waals surface area contributed by atoms with Crippen molar-refractivity contribution in [3.8, 4) is 0 Å². The minimum absolute atomic E-state index is 0.155. The van der Waals surface area contributed by atoms with Gasteiger partial charge in [0.05, 0.1) is 22.4 Å². The summed E-state index contributed by atoms with van der Waals surface area (Å²) in [4.78, 5) is 23.9. The molecule has 1 aliphatic heterocycles. The van der Waals surface area contributed by atoms with Gasteiger partial charge in [-0.1, -0.05) is 18.2 Å². The smallest absolute Gasteiger partial charge is 0.319 e. The molecule has 2 N–H and O–H groups in total. The van der Waals surface area contributed by atoms with Gasteiger partial charge in [-0.3, -0.25) is 0 Å². The zero-order valence-electron chi connectivity index (χ0n) is 17.2. The van der Waals surface area contributed by atoms with Crippen molar-refractivity contribution in [1.29, 1.82) is 0 Å². The van der Waals surface area contributed by atoms with Gasteiger partial charge in [-0.2, -0.15) is 0 Å². The number of fused-ring (bicyclic) bond motifs is 1. The van der Waals surface area contributed by atoms with E-state index in [1.54, 1.807) is 0 Å². The molecule has 1 aliphatic rings. The van der Waals surface area contributed by atoms with Crippen LogP contribution in [-0.4, -0.2) is 35.6 Å². The summed E-state index contributed by atoms with van der Waals surface area (Å²) >= 11 is 0. The van der Waals surface area contributed by atoms with Crippen LogP contribution in [0, 0.1) is 26.7 Å². The van der Waals surface area contributed by atoms with E-state index < -0.39 is 0 Å². The molecular weight excluding hydrogens is 362 g/mol. The lowest BCUT2D eigenvalue weighted by Crippen LogP contribution is -2.34. The van der Waals surface area contributed by atoms with Crippen LogP contribution in [0.15, 0.2) is 42.5 Å². The fourth-order valence-electron chi connectivity index (χ4n) is 3.87. The van der Waals surface area contributed by atoms with Gasteiger partial charge in [-0.05, 0) is 62.9 Å². The first-order chi connectivity index (χ1) is 14.0. The number of aromatic nitrogens is 2. The number of aryl methyl sites for hydroxylation is 3. The van der Waals surface area contributed by atoms with Gasteiger partial charge in [0, 0.05) is 31.0 Å². The fourth-order valence-corrected chi connectivity index (χ4v) is 3.87. The molecule has 0 saturated carbocycles. The molecule has 0 radical (unpaired) electrons. The van der Waals surface area contributed by atoms with Crippen LogP contribution in [0.25, 0.3) is 11.0 Å². The highest BCUT2D eigenvalue weighted by molar-refractivity contribution is 5.89. The molecule has 1 saturated heterocycles. The SMILES string of the molecule is Cc1cc2nc(C)c(C)nc2cc1N1CCC(CNC(=O)Nc2ccccc2)C1. The number of benzene rings is 2. The highest BCUT2D eigenvalue weighted by Gasteiger charge is 2.24. The minimum Gasteiger partial charge on any atom is -0.371 e. The number of hydrogen-bond donors (Lipinski definition) is 2. The van der Waals surface area contributed by atoms with Crippen molar-refractivity contribution in [2.45, 2.75) is 27.2 Å². The largest absolute Gasteiger partial charge is 0.371 e. The van der Waals surface area contributed by atoms with E-state index in [1.807, 2.05) is 44.2 Å². The number of rotatable bonds is 4. The molecule has 29 heavy (non-hydrogen) atoms. The molecular formula is C23H27N5O. The summed E-state index contributed by atoms with van der Waals surface area (Å²) in [6, 6.07) is 13.6. The predicted molar refractivity (Wildman–Crippen MR) is 118 cm³/mol. The summed E-state index contributed by atoms with van der Waals surface area (Å²) in [5.41, 5.74) is 7.07. The number of anilines is 2. The summed E-state index contributed by atoms with van der Waals surface area (Å²) in [6.07, 6.45) is 1.06.